The summed E-state index contributed by atoms with van der Waals surface area (Å²) in [5.74, 6) is 1.34. The van der Waals surface area contributed by atoms with Gasteiger partial charge in [-0.25, -0.2) is 14.8 Å². The number of fused-ring (bicyclic) bond motifs is 5. The summed E-state index contributed by atoms with van der Waals surface area (Å²) in [6, 6.07) is 9.76. The summed E-state index contributed by atoms with van der Waals surface area (Å²) in [6.45, 7) is 8.05. The molecule has 43 heavy (non-hydrogen) atoms. The Morgan fingerprint density at radius 3 is 2.56 bits per heavy atom. The molecule has 0 radical (unpaired) electrons. The van der Waals surface area contributed by atoms with Crippen LogP contribution in [0, 0.1) is 0 Å². The van der Waals surface area contributed by atoms with Gasteiger partial charge < -0.3 is 29.4 Å². The number of hydrogen-bond donors (Lipinski definition) is 1. The van der Waals surface area contributed by atoms with E-state index in [2.05, 4.69) is 32.8 Å². The van der Waals surface area contributed by atoms with Crippen molar-refractivity contribution < 1.29 is 19.0 Å². The average Bonchev–Trinajstić information content (AvgIpc) is 3.77. The molecule has 8 rings (SSSR count). The molecule has 1 amide bonds. The molecule has 2 aromatic heterocycles. The first-order chi connectivity index (χ1) is 20.6. The number of aromatic nitrogens is 3. The number of ether oxygens (including phenoxy) is 3. The Hall–Kier alpha value is -3.37. The van der Waals surface area contributed by atoms with Gasteiger partial charge in [0.2, 0.25) is 0 Å². The molecule has 228 valence electrons. The second-order valence-corrected chi connectivity index (χ2v) is 14.4. The minimum Gasteiger partial charge on any atom is -0.491 e. The van der Waals surface area contributed by atoms with Crippen LogP contribution < -0.4 is 10.5 Å². The molecule has 4 bridgehead atoms. The molecule has 5 fully saturated rings. The summed E-state index contributed by atoms with van der Waals surface area (Å²) in [7, 11) is 0. The second-order valence-electron chi connectivity index (χ2n) is 14.4. The van der Waals surface area contributed by atoms with E-state index in [4.69, 9.17) is 24.9 Å². The predicted octanol–water partition coefficient (Wildman–Crippen LogP) is 5.17. The van der Waals surface area contributed by atoms with Crippen LogP contribution in [0.25, 0.3) is 22.2 Å². The van der Waals surface area contributed by atoms with Crippen LogP contribution in [0.5, 0.6) is 5.75 Å². The van der Waals surface area contributed by atoms with Crippen LogP contribution in [0.2, 0.25) is 0 Å². The van der Waals surface area contributed by atoms with Crippen molar-refractivity contribution in [3.8, 4) is 16.9 Å². The van der Waals surface area contributed by atoms with Gasteiger partial charge in [0.1, 0.15) is 41.4 Å². The first kappa shape index (κ1) is 27.2. The number of benzene rings is 1. The Labute approximate surface area is 252 Å². The third-order valence-electron chi connectivity index (χ3n) is 10.4. The molecule has 2 N–H and O–H groups in total. The second kappa shape index (κ2) is 9.82. The summed E-state index contributed by atoms with van der Waals surface area (Å²) < 4.78 is 20.5. The van der Waals surface area contributed by atoms with Gasteiger partial charge in [0, 0.05) is 49.0 Å². The molecule has 6 heterocycles. The quantitative estimate of drug-likeness (QED) is 0.422. The number of amides is 1. The summed E-state index contributed by atoms with van der Waals surface area (Å²) in [4.78, 5) is 26.3. The largest absolute Gasteiger partial charge is 0.491 e. The molecule has 10 nitrogen and oxygen atoms in total. The van der Waals surface area contributed by atoms with Gasteiger partial charge in [0.05, 0.1) is 11.5 Å². The Morgan fingerprint density at radius 2 is 1.86 bits per heavy atom. The number of carbonyl (C=O) groups excluding carboxylic acids is 1. The topological polar surface area (TPSA) is 108 Å². The fraction of sp³-hybridized carbons (Fsp3) is 0.606. The number of anilines is 1. The van der Waals surface area contributed by atoms with Crippen molar-refractivity contribution in [2.45, 2.75) is 107 Å². The standard InChI is InChI=1S/C33H42N6O4/c1-32(2,3)43-31(40)39-16-23-14-24(39)15-37(23)21-12-22(13-21)38-17-27(28-29(34)35-19-36-30(28)38)20-5-4-6-26(11-20)41-18-33-9-7-25(42-33)8-10-33/h4-6,11,17,19,21-25H,7-10,12-16,18H2,1-3H3,(H2,34,35,36). The lowest BCUT2D eigenvalue weighted by atomic mass is 9.84. The molecule has 0 spiro atoms. The predicted molar refractivity (Wildman–Crippen MR) is 163 cm³/mol. The highest BCUT2D eigenvalue weighted by Crippen LogP contribution is 2.46. The highest BCUT2D eigenvalue weighted by Gasteiger charge is 2.51. The van der Waals surface area contributed by atoms with Gasteiger partial charge in [0.15, 0.2) is 0 Å². The number of nitrogens with zero attached hydrogens (tertiary/aromatic N) is 5. The van der Waals surface area contributed by atoms with E-state index in [1.54, 1.807) is 6.33 Å². The van der Waals surface area contributed by atoms with Crippen molar-refractivity contribution in [3.63, 3.8) is 0 Å². The van der Waals surface area contributed by atoms with E-state index in [0.29, 0.717) is 36.7 Å². The molecule has 4 aliphatic heterocycles. The van der Waals surface area contributed by atoms with Crippen LogP contribution in [-0.4, -0.2) is 85.6 Å². The monoisotopic (exact) mass is 586 g/mol. The van der Waals surface area contributed by atoms with Gasteiger partial charge in [-0.1, -0.05) is 12.1 Å². The lowest BCUT2D eigenvalue weighted by Gasteiger charge is -2.46. The Morgan fingerprint density at radius 1 is 1.07 bits per heavy atom. The number of rotatable bonds is 6. The minimum atomic E-state index is -0.469. The third kappa shape index (κ3) is 4.73. The third-order valence-corrected chi connectivity index (χ3v) is 10.4. The van der Waals surface area contributed by atoms with Gasteiger partial charge >= 0.3 is 6.09 Å². The fourth-order valence-electron chi connectivity index (χ4n) is 8.21. The molecule has 3 aromatic rings. The molecule has 1 aliphatic carbocycles. The van der Waals surface area contributed by atoms with Crippen molar-refractivity contribution in [3.05, 3.63) is 36.8 Å². The summed E-state index contributed by atoms with van der Waals surface area (Å²) >= 11 is 0. The SMILES string of the molecule is CC(C)(C)OC(=O)N1CC2CC1CN2C1CC(n2cc(-c3cccc(OCC45CCC(CC4)O5)c3)c3c(N)ncnc32)C1. The molecule has 1 saturated carbocycles. The number of nitrogen functional groups attached to an aromatic ring is 1. The normalized spacial score (nSPS) is 31.6. The first-order valence-corrected chi connectivity index (χ1v) is 15.9. The number of likely N-dealkylation sites (tertiary alicyclic amines) is 2. The van der Waals surface area contributed by atoms with Gasteiger partial charge in [-0.05, 0) is 83.4 Å². The zero-order valence-corrected chi connectivity index (χ0v) is 25.4. The maximum absolute atomic E-state index is 12.7. The first-order valence-electron chi connectivity index (χ1n) is 15.9. The molecule has 1 aromatic carbocycles. The van der Waals surface area contributed by atoms with Gasteiger partial charge in [-0.2, -0.15) is 0 Å². The zero-order chi connectivity index (χ0) is 29.5. The highest BCUT2D eigenvalue weighted by atomic mass is 16.6. The molecule has 2 atom stereocenters. The van der Waals surface area contributed by atoms with E-state index < -0.39 is 5.60 Å². The number of nitrogens with two attached hydrogens (primary N) is 1. The smallest absolute Gasteiger partial charge is 0.410 e. The minimum absolute atomic E-state index is 0.113. The van der Waals surface area contributed by atoms with Crippen LogP contribution >= 0.6 is 0 Å². The van der Waals surface area contributed by atoms with E-state index in [1.165, 1.54) is 0 Å². The highest BCUT2D eigenvalue weighted by molar-refractivity contribution is 6.00. The maximum atomic E-state index is 12.7. The van der Waals surface area contributed by atoms with Crippen molar-refractivity contribution in [1.29, 1.82) is 0 Å². The number of hydrogen-bond acceptors (Lipinski definition) is 8. The van der Waals surface area contributed by atoms with E-state index in [1.807, 2.05) is 37.8 Å². The van der Waals surface area contributed by atoms with Crippen LogP contribution in [0.3, 0.4) is 0 Å². The summed E-state index contributed by atoms with van der Waals surface area (Å²) in [5.41, 5.74) is 8.85. The van der Waals surface area contributed by atoms with Crippen molar-refractivity contribution in [2.24, 2.45) is 0 Å². The van der Waals surface area contributed by atoms with Crippen molar-refractivity contribution in [2.75, 3.05) is 25.4 Å². The van der Waals surface area contributed by atoms with Crippen LogP contribution in [0.1, 0.15) is 71.8 Å². The average molecular weight is 587 g/mol. The van der Waals surface area contributed by atoms with E-state index in [-0.39, 0.29) is 17.7 Å². The number of carbonyl (C=O) groups is 1. The van der Waals surface area contributed by atoms with Gasteiger partial charge in [0.25, 0.3) is 0 Å². The van der Waals surface area contributed by atoms with Crippen LogP contribution in [0.15, 0.2) is 36.8 Å². The lowest BCUT2D eigenvalue weighted by Crippen LogP contribution is -2.55. The lowest BCUT2D eigenvalue weighted by molar-refractivity contribution is -0.0198. The van der Waals surface area contributed by atoms with Crippen molar-refractivity contribution in [1.82, 2.24) is 24.3 Å². The van der Waals surface area contributed by atoms with E-state index in [0.717, 1.165) is 85.9 Å². The maximum Gasteiger partial charge on any atom is 0.410 e. The summed E-state index contributed by atoms with van der Waals surface area (Å²) in [5, 5.41) is 0.896. The van der Waals surface area contributed by atoms with Crippen LogP contribution in [0.4, 0.5) is 10.6 Å². The Kier molecular flexibility index (Phi) is 6.21. The fourth-order valence-corrected chi connectivity index (χ4v) is 8.21. The van der Waals surface area contributed by atoms with E-state index in [9.17, 15) is 4.79 Å². The number of piperazine rings is 1. The van der Waals surface area contributed by atoms with E-state index >= 15 is 0 Å². The van der Waals surface area contributed by atoms with Gasteiger partial charge in [-0.15, -0.1) is 0 Å². The molecule has 2 unspecified atom stereocenters. The molecular formula is C33H42N6O4. The van der Waals surface area contributed by atoms with Crippen molar-refractivity contribution >= 4 is 22.9 Å². The van der Waals surface area contributed by atoms with Crippen LogP contribution in [-0.2, 0) is 9.47 Å². The van der Waals surface area contributed by atoms with Gasteiger partial charge in [-0.3, -0.25) is 4.90 Å². The molecule has 5 aliphatic rings. The summed E-state index contributed by atoms with van der Waals surface area (Å²) in [6.07, 6.45) is 11.6. The molecule has 4 saturated heterocycles. The Bertz CT molecular complexity index is 1550. The zero-order valence-electron chi connectivity index (χ0n) is 25.4. The molecule has 10 heteroatoms. The Balaban J connectivity index is 0.973. The molecular weight excluding hydrogens is 544 g/mol.